The molecule has 31 heavy (non-hydrogen) atoms. The Labute approximate surface area is 189 Å². The number of aromatic nitrogens is 5. The van der Waals surface area contributed by atoms with Crippen LogP contribution in [0.25, 0.3) is 11.3 Å². The number of benzene rings is 2. The Morgan fingerprint density at radius 2 is 1.77 bits per heavy atom. The molecule has 0 aliphatic heterocycles. The van der Waals surface area contributed by atoms with Crippen molar-refractivity contribution in [2.24, 2.45) is 0 Å². The van der Waals surface area contributed by atoms with E-state index in [4.69, 9.17) is 18.0 Å². The van der Waals surface area contributed by atoms with E-state index in [9.17, 15) is 0 Å². The van der Waals surface area contributed by atoms with Crippen molar-refractivity contribution in [3.63, 3.8) is 0 Å². The van der Waals surface area contributed by atoms with Crippen LogP contribution in [-0.2, 0) is 6.54 Å². The first kappa shape index (κ1) is 20.8. The summed E-state index contributed by atoms with van der Waals surface area (Å²) in [6.45, 7) is 0.512. The second-order valence-electron chi connectivity index (χ2n) is 6.52. The summed E-state index contributed by atoms with van der Waals surface area (Å²) >= 11 is 6.96. The van der Waals surface area contributed by atoms with Gasteiger partial charge in [-0.05, 0) is 42.2 Å². The molecule has 0 unspecified atom stereocenters. The van der Waals surface area contributed by atoms with Crippen LogP contribution in [0.4, 0.5) is 17.5 Å². The zero-order chi connectivity index (χ0) is 21.6. The van der Waals surface area contributed by atoms with Crippen molar-refractivity contribution in [1.82, 2.24) is 25.0 Å². The van der Waals surface area contributed by atoms with Crippen LogP contribution in [0.3, 0.4) is 0 Å². The minimum Gasteiger partial charge on any atom is -0.366 e. The van der Waals surface area contributed by atoms with Gasteiger partial charge in [-0.25, -0.2) is 4.68 Å². The minimum absolute atomic E-state index is 0.254. The summed E-state index contributed by atoms with van der Waals surface area (Å²) in [5, 5.41) is 20.2. The molecule has 0 spiro atoms. The van der Waals surface area contributed by atoms with Crippen molar-refractivity contribution in [2.45, 2.75) is 11.7 Å². The van der Waals surface area contributed by atoms with Crippen LogP contribution in [0.2, 0.25) is 0 Å². The molecule has 0 saturated heterocycles. The van der Waals surface area contributed by atoms with E-state index < -0.39 is 0 Å². The number of para-hydroxylation sites is 1. The molecule has 0 fully saturated rings. The van der Waals surface area contributed by atoms with Crippen molar-refractivity contribution in [3.05, 3.63) is 72.3 Å². The Hall–Kier alpha value is -3.50. The van der Waals surface area contributed by atoms with Crippen LogP contribution in [0.1, 0.15) is 5.56 Å². The number of thioether (sulfide) groups is 1. The maximum atomic E-state index is 5.75. The smallest absolute Gasteiger partial charge is 0.240 e. The van der Waals surface area contributed by atoms with E-state index >= 15 is 0 Å². The first-order chi connectivity index (χ1) is 15.1. The predicted octanol–water partition coefficient (Wildman–Crippen LogP) is 3.90. The SMILES string of the molecule is CSc1nc(N)nn1Cc1ccccc1NC(=S)Nc1ccc(-c2ccccc2)nn1. The van der Waals surface area contributed by atoms with E-state index in [0.29, 0.717) is 17.5 Å². The summed E-state index contributed by atoms with van der Waals surface area (Å²) in [5.41, 5.74) is 9.41. The van der Waals surface area contributed by atoms with Crippen LogP contribution in [0.15, 0.2) is 71.9 Å². The fraction of sp³-hybridized carbons (Fsp3) is 0.0952. The number of hydrogen-bond donors (Lipinski definition) is 3. The fourth-order valence-electron chi connectivity index (χ4n) is 2.97. The molecule has 0 radical (unpaired) electrons. The van der Waals surface area contributed by atoms with Gasteiger partial charge in [0.1, 0.15) is 0 Å². The lowest BCUT2D eigenvalue weighted by Gasteiger charge is -2.14. The summed E-state index contributed by atoms with van der Waals surface area (Å²) in [6, 6.07) is 21.5. The third-order valence-corrected chi connectivity index (χ3v) is 5.27. The Balaban J connectivity index is 1.44. The number of hydrogen-bond acceptors (Lipinski definition) is 7. The van der Waals surface area contributed by atoms with E-state index in [-0.39, 0.29) is 5.95 Å². The van der Waals surface area contributed by atoms with Gasteiger partial charge in [-0.1, -0.05) is 60.3 Å². The summed E-state index contributed by atoms with van der Waals surface area (Å²) in [5.74, 6) is 0.813. The van der Waals surface area contributed by atoms with Crippen molar-refractivity contribution in [3.8, 4) is 11.3 Å². The normalized spacial score (nSPS) is 10.6. The Kier molecular flexibility index (Phi) is 6.39. The first-order valence-electron chi connectivity index (χ1n) is 9.42. The van der Waals surface area contributed by atoms with E-state index in [1.54, 1.807) is 4.68 Å². The van der Waals surface area contributed by atoms with Crippen molar-refractivity contribution >= 4 is 46.5 Å². The molecule has 0 bridgehead atoms. The van der Waals surface area contributed by atoms with Gasteiger partial charge in [0, 0.05) is 11.3 Å². The average molecular weight is 449 g/mol. The quantitative estimate of drug-likeness (QED) is 0.299. The maximum absolute atomic E-state index is 5.75. The second kappa shape index (κ2) is 9.54. The van der Waals surface area contributed by atoms with Gasteiger partial charge in [-0.3, -0.25) is 0 Å². The highest BCUT2D eigenvalue weighted by molar-refractivity contribution is 7.98. The fourth-order valence-corrected chi connectivity index (χ4v) is 3.69. The number of nitrogens with two attached hydrogens (primary N) is 1. The van der Waals surface area contributed by atoms with Crippen LogP contribution >= 0.6 is 24.0 Å². The number of rotatable bonds is 6. The molecule has 8 nitrogen and oxygen atoms in total. The Morgan fingerprint density at radius 1 is 1.00 bits per heavy atom. The molecule has 2 heterocycles. The molecule has 0 atom stereocenters. The molecule has 2 aromatic heterocycles. The number of anilines is 3. The monoisotopic (exact) mass is 448 g/mol. The summed E-state index contributed by atoms with van der Waals surface area (Å²) in [6.07, 6.45) is 1.94. The van der Waals surface area contributed by atoms with Gasteiger partial charge in [0.2, 0.25) is 5.95 Å². The number of nitrogens with one attached hydrogen (secondary N) is 2. The summed E-state index contributed by atoms with van der Waals surface area (Å²) in [7, 11) is 0. The molecule has 0 aliphatic carbocycles. The topological polar surface area (TPSA) is 107 Å². The zero-order valence-corrected chi connectivity index (χ0v) is 18.3. The number of nitrogens with zero attached hydrogens (tertiary/aromatic N) is 5. The summed E-state index contributed by atoms with van der Waals surface area (Å²) < 4.78 is 1.77. The molecular formula is C21H20N8S2. The van der Waals surface area contributed by atoms with Crippen molar-refractivity contribution in [1.29, 1.82) is 0 Å². The van der Waals surface area contributed by atoms with Gasteiger partial charge in [-0.2, -0.15) is 4.98 Å². The van der Waals surface area contributed by atoms with Crippen molar-refractivity contribution < 1.29 is 0 Å². The maximum Gasteiger partial charge on any atom is 0.240 e. The highest BCUT2D eigenvalue weighted by Crippen LogP contribution is 2.21. The molecule has 0 aliphatic rings. The van der Waals surface area contributed by atoms with Gasteiger partial charge in [0.25, 0.3) is 0 Å². The van der Waals surface area contributed by atoms with Crippen LogP contribution in [0.5, 0.6) is 0 Å². The first-order valence-corrected chi connectivity index (χ1v) is 11.0. The molecular weight excluding hydrogens is 428 g/mol. The average Bonchev–Trinajstić information content (AvgIpc) is 3.15. The van der Waals surface area contributed by atoms with Crippen LogP contribution < -0.4 is 16.4 Å². The number of thiocarbonyl (C=S) groups is 1. The molecule has 0 saturated carbocycles. The van der Waals surface area contributed by atoms with E-state index in [2.05, 4.69) is 30.9 Å². The van der Waals surface area contributed by atoms with Gasteiger partial charge in [-0.15, -0.1) is 15.3 Å². The van der Waals surface area contributed by atoms with E-state index in [0.717, 1.165) is 27.7 Å². The molecule has 0 amide bonds. The van der Waals surface area contributed by atoms with Crippen molar-refractivity contribution in [2.75, 3.05) is 22.6 Å². The highest BCUT2D eigenvalue weighted by Gasteiger charge is 2.11. The third-order valence-electron chi connectivity index (χ3n) is 4.40. The standard InChI is InChI=1S/C21H20N8S2/c1-31-21-25-19(22)28-29(21)13-15-9-5-6-10-16(15)23-20(30)24-18-12-11-17(26-27-18)14-7-3-2-4-8-14/h2-12H,13H2,1H3,(H2,22,28)(H2,23,24,27,30). The molecule has 10 heteroatoms. The minimum atomic E-state index is 0.254. The van der Waals surface area contributed by atoms with Crippen LogP contribution in [0, 0.1) is 0 Å². The Morgan fingerprint density at radius 3 is 2.52 bits per heavy atom. The molecule has 156 valence electrons. The molecule has 4 N–H and O–H groups in total. The van der Waals surface area contributed by atoms with E-state index in [1.165, 1.54) is 11.8 Å². The lowest BCUT2D eigenvalue weighted by atomic mass is 10.1. The third kappa shape index (κ3) is 5.16. The highest BCUT2D eigenvalue weighted by atomic mass is 32.2. The van der Waals surface area contributed by atoms with Gasteiger partial charge in [0.05, 0.1) is 12.2 Å². The summed E-state index contributed by atoms with van der Waals surface area (Å²) in [4.78, 5) is 4.22. The second-order valence-corrected chi connectivity index (χ2v) is 7.70. The van der Waals surface area contributed by atoms with E-state index in [1.807, 2.05) is 73.0 Å². The lowest BCUT2D eigenvalue weighted by molar-refractivity contribution is 0.621. The predicted molar refractivity (Wildman–Crippen MR) is 129 cm³/mol. The lowest BCUT2D eigenvalue weighted by Crippen LogP contribution is -2.21. The van der Waals surface area contributed by atoms with Gasteiger partial charge in [0.15, 0.2) is 16.1 Å². The van der Waals surface area contributed by atoms with Gasteiger partial charge >= 0.3 is 0 Å². The van der Waals surface area contributed by atoms with Gasteiger partial charge < -0.3 is 16.4 Å². The number of nitrogen functional groups attached to an aromatic ring is 1. The van der Waals surface area contributed by atoms with Crippen LogP contribution in [-0.4, -0.2) is 36.3 Å². The molecule has 2 aromatic carbocycles. The largest absolute Gasteiger partial charge is 0.366 e. The Bertz CT molecular complexity index is 1180. The molecule has 4 aromatic rings. The molecule has 4 rings (SSSR count). The zero-order valence-electron chi connectivity index (χ0n) is 16.7.